The van der Waals surface area contributed by atoms with Crippen molar-refractivity contribution in [2.75, 3.05) is 6.54 Å². The second kappa shape index (κ2) is 9.68. The second-order valence-electron chi connectivity index (χ2n) is 9.49. The smallest absolute Gasteiger partial charge is 0.266 e. The number of hydrogen-bond acceptors (Lipinski definition) is 3. The fourth-order valence-electron chi connectivity index (χ4n) is 4.67. The zero-order valence-electron chi connectivity index (χ0n) is 19.8. The van der Waals surface area contributed by atoms with Gasteiger partial charge in [0.2, 0.25) is 5.91 Å². The largest absolute Gasteiger partial charge is 0.332 e. The number of carbonyl (C=O) groups excluding carboxylic acids is 1. The van der Waals surface area contributed by atoms with E-state index in [4.69, 9.17) is 16.6 Å². The minimum atomic E-state index is -0.298. The predicted octanol–water partition coefficient (Wildman–Crippen LogP) is 6.08. The quantitative estimate of drug-likeness (QED) is 0.424. The molecule has 0 aliphatic heterocycles. The summed E-state index contributed by atoms with van der Waals surface area (Å²) in [6, 6.07) is 12.6. The van der Waals surface area contributed by atoms with Crippen LogP contribution in [0.4, 0.5) is 0 Å². The summed E-state index contributed by atoms with van der Waals surface area (Å²) in [5.74, 6) is 1.18. The van der Waals surface area contributed by atoms with Crippen molar-refractivity contribution >= 4 is 28.4 Å². The van der Waals surface area contributed by atoms with Gasteiger partial charge in [0, 0.05) is 17.5 Å². The number of carbonyl (C=O) groups is 1. The van der Waals surface area contributed by atoms with Gasteiger partial charge in [-0.3, -0.25) is 14.2 Å². The van der Waals surface area contributed by atoms with Crippen molar-refractivity contribution in [2.24, 2.45) is 11.8 Å². The van der Waals surface area contributed by atoms with E-state index in [1.807, 2.05) is 48.2 Å². The van der Waals surface area contributed by atoms with Crippen molar-refractivity contribution in [2.45, 2.75) is 59.4 Å². The molecular formula is C27H32ClN3O2. The first-order chi connectivity index (χ1) is 15.8. The van der Waals surface area contributed by atoms with Gasteiger partial charge in [-0.05, 0) is 68.0 Å². The van der Waals surface area contributed by atoms with Crippen LogP contribution >= 0.6 is 11.6 Å². The van der Waals surface area contributed by atoms with Crippen LogP contribution in [0.25, 0.3) is 16.6 Å². The molecule has 1 unspecified atom stereocenters. The molecule has 4 rings (SSSR count). The first kappa shape index (κ1) is 23.5. The highest BCUT2D eigenvalue weighted by Gasteiger charge is 2.35. The number of aryl methyl sites for hydroxylation is 1. The SMILES string of the molecule is CCC(c1nc2ccccc2c(=O)n1-c1ccc(Cl)cc1C)N(CC(C)C)C(=O)C1CCC1. The maximum Gasteiger partial charge on any atom is 0.266 e. The van der Waals surface area contributed by atoms with E-state index in [1.165, 1.54) is 0 Å². The van der Waals surface area contributed by atoms with E-state index in [0.717, 1.165) is 30.5 Å². The van der Waals surface area contributed by atoms with Crippen molar-refractivity contribution < 1.29 is 4.79 Å². The third kappa shape index (κ3) is 4.56. The highest BCUT2D eigenvalue weighted by Crippen LogP contribution is 2.34. The number of para-hydroxylation sites is 1. The van der Waals surface area contributed by atoms with Crippen LogP contribution in [0.5, 0.6) is 0 Å². The van der Waals surface area contributed by atoms with Gasteiger partial charge >= 0.3 is 0 Å². The molecule has 0 radical (unpaired) electrons. The minimum absolute atomic E-state index is 0.0793. The predicted molar refractivity (Wildman–Crippen MR) is 134 cm³/mol. The molecule has 1 aliphatic carbocycles. The van der Waals surface area contributed by atoms with Crippen LogP contribution in [0.15, 0.2) is 47.3 Å². The van der Waals surface area contributed by atoms with E-state index in [9.17, 15) is 9.59 Å². The number of aromatic nitrogens is 2. The minimum Gasteiger partial charge on any atom is -0.332 e. The number of rotatable bonds is 7. The lowest BCUT2D eigenvalue weighted by Crippen LogP contribution is -2.44. The van der Waals surface area contributed by atoms with Crippen LogP contribution < -0.4 is 5.56 Å². The highest BCUT2D eigenvalue weighted by atomic mass is 35.5. The summed E-state index contributed by atoms with van der Waals surface area (Å²) < 4.78 is 1.70. The van der Waals surface area contributed by atoms with Crippen LogP contribution in [0.3, 0.4) is 0 Å². The summed E-state index contributed by atoms with van der Waals surface area (Å²) in [4.78, 5) is 34.3. The number of fused-ring (bicyclic) bond motifs is 1. The van der Waals surface area contributed by atoms with Crippen molar-refractivity contribution in [1.82, 2.24) is 14.5 Å². The number of hydrogen-bond donors (Lipinski definition) is 0. The standard InChI is InChI=1S/C27H32ClN3O2/c1-5-23(30(16-17(2)3)26(32)19-9-8-10-19)25-29-22-12-7-6-11-21(22)27(33)31(25)24-14-13-20(28)15-18(24)4/h6-7,11-15,17,19,23H,5,8-10,16H2,1-4H3. The van der Waals surface area contributed by atoms with Crippen LogP contribution in [0.1, 0.15) is 63.9 Å². The second-order valence-corrected chi connectivity index (χ2v) is 9.93. The summed E-state index contributed by atoms with van der Waals surface area (Å²) in [6.07, 6.45) is 3.66. The van der Waals surface area contributed by atoms with Crippen LogP contribution in [0.2, 0.25) is 5.02 Å². The number of benzene rings is 2. The fraction of sp³-hybridized carbons (Fsp3) is 0.444. The molecule has 1 aromatic heterocycles. The Morgan fingerprint density at radius 2 is 1.94 bits per heavy atom. The fourth-order valence-corrected chi connectivity index (χ4v) is 4.90. The van der Waals surface area contributed by atoms with Gasteiger partial charge in [0.1, 0.15) is 5.82 Å². The zero-order valence-corrected chi connectivity index (χ0v) is 20.6. The van der Waals surface area contributed by atoms with Gasteiger partial charge in [-0.25, -0.2) is 4.98 Å². The molecule has 5 nitrogen and oxygen atoms in total. The Balaban J connectivity index is 1.96. The van der Waals surface area contributed by atoms with Crippen LogP contribution in [-0.2, 0) is 4.79 Å². The van der Waals surface area contributed by atoms with E-state index in [2.05, 4.69) is 20.8 Å². The van der Waals surface area contributed by atoms with E-state index in [-0.39, 0.29) is 23.4 Å². The van der Waals surface area contributed by atoms with Crippen molar-refractivity contribution in [3.05, 3.63) is 69.2 Å². The molecule has 1 atom stereocenters. The Morgan fingerprint density at radius 3 is 2.55 bits per heavy atom. The topological polar surface area (TPSA) is 55.2 Å². The molecular weight excluding hydrogens is 434 g/mol. The third-order valence-electron chi connectivity index (χ3n) is 6.56. The monoisotopic (exact) mass is 465 g/mol. The average molecular weight is 466 g/mol. The van der Waals surface area contributed by atoms with Crippen molar-refractivity contribution in [3.63, 3.8) is 0 Å². The van der Waals surface area contributed by atoms with Gasteiger partial charge in [0.25, 0.3) is 5.56 Å². The molecule has 0 spiro atoms. The molecule has 3 aromatic rings. The van der Waals surface area contributed by atoms with Crippen molar-refractivity contribution in [3.8, 4) is 5.69 Å². The first-order valence-electron chi connectivity index (χ1n) is 11.9. The molecule has 1 fully saturated rings. The van der Waals surface area contributed by atoms with Gasteiger partial charge in [-0.2, -0.15) is 0 Å². The van der Waals surface area contributed by atoms with Crippen molar-refractivity contribution in [1.29, 1.82) is 0 Å². The lowest BCUT2D eigenvalue weighted by molar-refractivity contribution is -0.141. The molecule has 2 aromatic carbocycles. The summed E-state index contributed by atoms with van der Waals surface area (Å²) in [5, 5.41) is 1.18. The average Bonchev–Trinajstić information content (AvgIpc) is 2.73. The third-order valence-corrected chi connectivity index (χ3v) is 6.80. The van der Waals surface area contributed by atoms with E-state index >= 15 is 0 Å². The summed E-state index contributed by atoms with van der Waals surface area (Å²) in [6.45, 7) is 8.89. The molecule has 0 N–H and O–H groups in total. The summed E-state index contributed by atoms with van der Waals surface area (Å²) in [7, 11) is 0. The van der Waals surface area contributed by atoms with E-state index < -0.39 is 0 Å². The Morgan fingerprint density at radius 1 is 1.21 bits per heavy atom. The molecule has 33 heavy (non-hydrogen) atoms. The molecule has 0 saturated heterocycles. The molecule has 0 bridgehead atoms. The zero-order chi connectivity index (χ0) is 23.7. The van der Waals surface area contributed by atoms with E-state index in [1.54, 1.807) is 10.6 Å². The van der Waals surface area contributed by atoms with Crippen LogP contribution in [-0.4, -0.2) is 26.9 Å². The maximum absolute atomic E-state index is 13.8. The van der Waals surface area contributed by atoms with Gasteiger partial charge in [0.05, 0.1) is 22.6 Å². The van der Waals surface area contributed by atoms with Gasteiger partial charge < -0.3 is 4.90 Å². The lowest BCUT2D eigenvalue weighted by Gasteiger charge is -2.38. The van der Waals surface area contributed by atoms with Crippen LogP contribution in [0, 0.1) is 18.8 Å². The molecule has 1 aliphatic rings. The molecule has 174 valence electrons. The molecule has 1 amide bonds. The van der Waals surface area contributed by atoms with Gasteiger partial charge in [0.15, 0.2) is 0 Å². The van der Waals surface area contributed by atoms with E-state index in [0.29, 0.717) is 40.6 Å². The molecule has 1 saturated carbocycles. The Kier molecular flexibility index (Phi) is 6.89. The summed E-state index contributed by atoms with van der Waals surface area (Å²) in [5.41, 5.74) is 2.16. The summed E-state index contributed by atoms with van der Waals surface area (Å²) >= 11 is 6.22. The Hall–Kier alpha value is -2.66. The molecule has 6 heteroatoms. The highest BCUT2D eigenvalue weighted by molar-refractivity contribution is 6.30. The molecule has 1 heterocycles. The normalized spacial score (nSPS) is 15.0. The lowest BCUT2D eigenvalue weighted by atomic mass is 9.83. The number of amides is 1. The number of halogens is 1. The van der Waals surface area contributed by atoms with Gasteiger partial charge in [-0.1, -0.05) is 50.9 Å². The first-order valence-corrected chi connectivity index (χ1v) is 12.3. The van der Waals surface area contributed by atoms with Gasteiger partial charge in [-0.15, -0.1) is 0 Å². The Labute approximate surface area is 200 Å². The Bertz CT molecular complexity index is 1230. The maximum atomic E-state index is 13.8. The number of nitrogens with zero attached hydrogens (tertiary/aromatic N) is 3.